The van der Waals surface area contributed by atoms with E-state index in [1.54, 1.807) is 30.7 Å². The van der Waals surface area contributed by atoms with Crippen LogP contribution in [0.4, 0.5) is 13.2 Å². The number of benzene rings is 2. The highest BCUT2D eigenvalue weighted by Crippen LogP contribution is 2.33. The molecule has 8 heteroatoms. The van der Waals surface area contributed by atoms with Gasteiger partial charge in [0, 0.05) is 36.1 Å². The third-order valence-corrected chi connectivity index (χ3v) is 5.21. The average molecular weight is 414 g/mol. The molecule has 154 valence electrons. The highest BCUT2D eigenvalue weighted by Gasteiger charge is 2.45. The quantitative estimate of drug-likeness (QED) is 0.565. The molecule has 30 heavy (non-hydrogen) atoms. The number of hydrogen-bond acceptors (Lipinski definition) is 4. The second kappa shape index (κ2) is 7.87. The van der Waals surface area contributed by atoms with Crippen LogP contribution in [-0.2, 0) is 19.5 Å². The zero-order valence-electron chi connectivity index (χ0n) is 16.0. The summed E-state index contributed by atoms with van der Waals surface area (Å²) < 4.78 is 41.3. The summed E-state index contributed by atoms with van der Waals surface area (Å²) in [7, 11) is 0. The highest BCUT2D eigenvalue weighted by molar-refractivity contribution is 5.92. The van der Waals surface area contributed by atoms with Crippen LogP contribution in [0, 0.1) is 0 Å². The maximum atomic E-state index is 13.4. The molecule has 0 radical (unpaired) electrons. The van der Waals surface area contributed by atoms with Crippen LogP contribution in [0.25, 0.3) is 0 Å². The lowest BCUT2D eigenvalue weighted by molar-refractivity contribution is -0.871. The van der Waals surface area contributed by atoms with Gasteiger partial charge in [-0.25, -0.2) is 9.28 Å². The molecule has 1 atom stereocenters. The minimum Gasteiger partial charge on any atom is -0.406 e. The van der Waals surface area contributed by atoms with Gasteiger partial charge in [0.25, 0.3) is 0 Å². The smallest absolute Gasteiger partial charge is 0.406 e. The minimum absolute atomic E-state index is 0.00473. The molecule has 3 aromatic rings. The number of aromatic nitrogens is 2. The first-order chi connectivity index (χ1) is 14.3. The van der Waals surface area contributed by atoms with Gasteiger partial charge in [-0.05, 0) is 30.3 Å². The van der Waals surface area contributed by atoms with Crippen molar-refractivity contribution in [2.75, 3.05) is 6.54 Å². The van der Waals surface area contributed by atoms with Crippen molar-refractivity contribution in [1.82, 2.24) is 9.97 Å². The number of halogens is 3. The lowest BCUT2D eigenvalue weighted by Crippen LogP contribution is -2.48. The first kappa shape index (κ1) is 20.0. The van der Waals surface area contributed by atoms with Crippen molar-refractivity contribution in [2.45, 2.75) is 25.9 Å². The topological polar surface area (TPSA) is 52.1 Å². The molecule has 4 rings (SSSR count). The second-order valence-corrected chi connectivity index (χ2v) is 7.29. The van der Waals surface area contributed by atoms with E-state index in [0.29, 0.717) is 31.6 Å². The Labute approximate surface area is 171 Å². The molecule has 0 bridgehead atoms. The van der Waals surface area contributed by atoms with Crippen LogP contribution in [0.1, 0.15) is 27.2 Å². The number of quaternary nitrogens is 1. The Hall–Kier alpha value is -3.26. The summed E-state index contributed by atoms with van der Waals surface area (Å²) in [5.74, 6) is -0.279. The van der Waals surface area contributed by atoms with Crippen LogP contribution in [0.3, 0.4) is 0 Å². The summed E-state index contributed by atoms with van der Waals surface area (Å²) in [6, 6.07) is 13.2. The van der Waals surface area contributed by atoms with Crippen LogP contribution in [0.2, 0.25) is 0 Å². The van der Waals surface area contributed by atoms with E-state index in [-0.39, 0.29) is 16.1 Å². The zero-order valence-corrected chi connectivity index (χ0v) is 16.0. The summed E-state index contributed by atoms with van der Waals surface area (Å²) in [4.78, 5) is 21.7. The molecule has 0 saturated carbocycles. The third-order valence-electron chi connectivity index (χ3n) is 5.21. The molecule has 2 heterocycles. The van der Waals surface area contributed by atoms with E-state index in [2.05, 4.69) is 14.7 Å². The third kappa shape index (κ3) is 4.33. The molecule has 1 aliphatic heterocycles. The van der Waals surface area contributed by atoms with Gasteiger partial charge in [-0.2, -0.15) is 0 Å². The fourth-order valence-corrected chi connectivity index (χ4v) is 3.84. The van der Waals surface area contributed by atoms with Gasteiger partial charge in [-0.3, -0.25) is 9.97 Å². The van der Waals surface area contributed by atoms with Crippen molar-refractivity contribution >= 4 is 5.91 Å². The Bertz CT molecular complexity index is 1040. The van der Waals surface area contributed by atoms with E-state index in [1.807, 2.05) is 24.3 Å². The Morgan fingerprint density at radius 2 is 1.80 bits per heavy atom. The molecule has 1 amide bonds. The predicted molar refractivity (Wildman–Crippen MR) is 102 cm³/mol. The zero-order chi connectivity index (χ0) is 21.2. The second-order valence-electron chi connectivity index (χ2n) is 7.29. The van der Waals surface area contributed by atoms with E-state index in [0.717, 1.165) is 16.8 Å². The number of hydrogen-bond donors (Lipinski definition) is 0. The van der Waals surface area contributed by atoms with Crippen molar-refractivity contribution in [2.24, 2.45) is 0 Å². The van der Waals surface area contributed by atoms with Gasteiger partial charge in [0.05, 0.1) is 17.8 Å². The molecule has 2 aromatic carbocycles. The van der Waals surface area contributed by atoms with E-state index in [1.165, 1.54) is 12.1 Å². The van der Waals surface area contributed by atoms with Gasteiger partial charge >= 0.3 is 12.3 Å². The van der Waals surface area contributed by atoms with Crippen LogP contribution >= 0.6 is 0 Å². The molecule has 0 aliphatic carbocycles. The lowest BCUT2D eigenvalue weighted by Gasteiger charge is -2.31. The van der Waals surface area contributed by atoms with Gasteiger partial charge < -0.3 is 4.74 Å². The minimum atomic E-state index is -4.74. The number of carbonyl (C=O) groups is 1. The Morgan fingerprint density at radius 1 is 1.03 bits per heavy atom. The van der Waals surface area contributed by atoms with Gasteiger partial charge in [0.15, 0.2) is 0 Å². The summed E-state index contributed by atoms with van der Waals surface area (Å²) in [5, 5.41) is 0. The van der Waals surface area contributed by atoms with Crippen LogP contribution in [0.15, 0.2) is 67.1 Å². The van der Waals surface area contributed by atoms with E-state index >= 15 is 0 Å². The van der Waals surface area contributed by atoms with Crippen molar-refractivity contribution in [3.05, 3.63) is 89.5 Å². The lowest BCUT2D eigenvalue weighted by atomic mass is 10.1. The standard InChI is InChI=1S/C22H19F3N3O2/c23-22(24,25)30-19-7-5-16(6-8-19)14-28(12-9-18-13-26-10-11-27-18)15-17-3-1-2-4-20(17)21(28)29/h1-8,10-11,13H,9,12,14-15H2/q+1. The highest BCUT2D eigenvalue weighted by atomic mass is 19.4. The van der Waals surface area contributed by atoms with Gasteiger partial charge in [-0.15, -0.1) is 13.2 Å². The molecule has 1 aliphatic rings. The van der Waals surface area contributed by atoms with Crippen molar-refractivity contribution in [3.63, 3.8) is 0 Å². The normalized spacial score (nSPS) is 18.3. The Morgan fingerprint density at radius 3 is 2.47 bits per heavy atom. The van der Waals surface area contributed by atoms with E-state index < -0.39 is 6.36 Å². The van der Waals surface area contributed by atoms with Crippen molar-refractivity contribution in [3.8, 4) is 5.75 Å². The van der Waals surface area contributed by atoms with Gasteiger partial charge in [-0.1, -0.05) is 18.2 Å². The Kier molecular flexibility index (Phi) is 5.26. The summed E-state index contributed by atoms with van der Waals surface area (Å²) in [6.45, 7) is 1.39. The summed E-state index contributed by atoms with van der Waals surface area (Å²) in [5.41, 5.74) is 3.20. The molecule has 1 aromatic heterocycles. The predicted octanol–water partition coefficient (Wildman–Crippen LogP) is 4.29. The van der Waals surface area contributed by atoms with Gasteiger partial charge in [0.2, 0.25) is 0 Å². The average Bonchev–Trinajstić information content (AvgIpc) is 3.00. The first-order valence-corrected chi connectivity index (χ1v) is 9.43. The fraction of sp³-hybridized carbons (Fsp3) is 0.227. The maximum absolute atomic E-state index is 13.4. The summed E-state index contributed by atoms with van der Waals surface area (Å²) >= 11 is 0. The van der Waals surface area contributed by atoms with Crippen molar-refractivity contribution in [1.29, 1.82) is 0 Å². The molecule has 0 spiro atoms. The Balaban J connectivity index is 1.59. The monoisotopic (exact) mass is 414 g/mol. The van der Waals surface area contributed by atoms with Crippen LogP contribution < -0.4 is 4.74 Å². The molecular formula is C22H19F3N3O2+. The fourth-order valence-electron chi connectivity index (χ4n) is 3.84. The number of alkyl halides is 3. The molecule has 0 N–H and O–H groups in total. The number of nitrogens with zero attached hydrogens (tertiary/aromatic N) is 3. The molecule has 0 fully saturated rings. The molecule has 0 saturated heterocycles. The van der Waals surface area contributed by atoms with Crippen LogP contribution in [0.5, 0.6) is 5.75 Å². The molecule has 1 unspecified atom stereocenters. The largest absolute Gasteiger partial charge is 0.573 e. The number of amides is 1. The van der Waals surface area contributed by atoms with Crippen LogP contribution in [-0.4, -0.2) is 33.3 Å². The number of carbonyl (C=O) groups excluding carboxylic acids is 1. The number of ether oxygens (including phenoxy) is 1. The molecular weight excluding hydrogens is 395 g/mol. The SMILES string of the molecule is O=C1c2ccccc2C[N+]1(CCc1cnccn1)Cc1ccc(OC(F)(F)F)cc1. The number of rotatable bonds is 6. The van der Waals surface area contributed by atoms with E-state index in [4.69, 9.17) is 0 Å². The summed E-state index contributed by atoms with van der Waals surface area (Å²) in [6.07, 6.45) is 0.698. The van der Waals surface area contributed by atoms with Gasteiger partial charge in [0.1, 0.15) is 18.8 Å². The first-order valence-electron chi connectivity index (χ1n) is 9.43. The molecule has 5 nitrogen and oxygen atoms in total. The van der Waals surface area contributed by atoms with Crippen molar-refractivity contribution < 1.29 is 27.2 Å². The van der Waals surface area contributed by atoms with E-state index in [9.17, 15) is 18.0 Å². The maximum Gasteiger partial charge on any atom is 0.573 e. The number of fused-ring (bicyclic) bond motifs is 1.